The molecule has 6 heteroatoms. The highest BCUT2D eigenvalue weighted by Crippen LogP contribution is 2.32. The molecule has 122 valence electrons. The summed E-state index contributed by atoms with van der Waals surface area (Å²) in [6.07, 6.45) is 2.63. The number of nitrogens with one attached hydrogen (secondary N) is 1. The minimum absolute atomic E-state index is 0.0592. The van der Waals surface area contributed by atoms with E-state index < -0.39 is 0 Å². The third-order valence-electron chi connectivity index (χ3n) is 4.14. The summed E-state index contributed by atoms with van der Waals surface area (Å²) >= 11 is 0. The predicted molar refractivity (Wildman–Crippen MR) is 83.2 cm³/mol. The molecule has 2 heterocycles. The number of amides is 2. The molecule has 1 aliphatic heterocycles. The van der Waals surface area contributed by atoms with Gasteiger partial charge in [0.15, 0.2) is 5.76 Å². The molecule has 1 aliphatic rings. The van der Waals surface area contributed by atoms with Crippen LogP contribution in [0.1, 0.15) is 42.8 Å². The van der Waals surface area contributed by atoms with Crippen LogP contribution in [0.15, 0.2) is 34.9 Å². The smallest absolute Gasteiger partial charge is 0.318 e. The van der Waals surface area contributed by atoms with Gasteiger partial charge in [0.05, 0.1) is 11.7 Å². The van der Waals surface area contributed by atoms with Gasteiger partial charge < -0.3 is 14.7 Å². The second-order valence-corrected chi connectivity index (χ2v) is 5.71. The Morgan fingerprint density at radius 3 is 2.91 bits per heavy atom. The number of aryl methyl sites for hydroxylation is 1. The number of halogens is 1. The molecule has 0 saturated carbocycles. The van der Waals surface area contributed by atoms with Crippen molar-refractivity contribution < 1.29 is 13.7 Å². The van der Waals surface area contributed by atoms with E-state index in [-0.39, 0.29) is 17.9 Å². The van der Waals surface area contributed by atoms with Crippen molar-refractivity contribution in [2.75, 3.05) is 6.54 Å². The Bertz CT molecular complexity index is 669. The number of urea groups is 1. The number of carbonyl (C=O) groups is 1. The van der Waals surface area contributed by atoms with Crippen molar-refractivity contribution in [1.29, 1.82) is 0 Å². The molecule has 1 N–H and O–H groups in total. The molecule has 23 heavy (non-hydrogen) atoms. The first-order valence-corrected chi connectivity index (χ1v) is 7.91. The summed E-state index contributed by atoms with van der Waals surface area (Å²) in [6, 6.07) is 7.85. The molecule has 0 spiro atoms. The highest BCUT2D eigenvalue weighted by Gasteiger charge is 2.32. The van der Waals surface area contributed by atoms with Crippen LogP contribution in [0.25, 0.3) is 0 Å². The molecule has 0 aliphatic carbocycles. The van der Waals surface area contributed by atoms with Crippen LogP contribution in [0.2, 0.25) is 0 Å². The van der Waals surface area contributed by atoms with E-state index in [9.17, 15) is 9.18 Å². The monoisotopic (exact) mass is 317 g/mol. The van der Waals surface area contributed by atoms with Crippen molar-refractivity contribution in [3.8, 4) is 0 Å². The number of rotatable bonds is 4. The summed E-state index contributed by atoms with van der Waals surface area (Å²) in [5, 5.41) is 6.89. The van der Waals surface area contributed by atoms with Gasteiger partial charge in [-0.05, 0) is 37.0 Å². The van der Waals surface area contributed by atoms with Gasteiger partial charge in [-0.1, -0.05) is 24.2 Å². The van der Waals surface area contributed by atoms with Crippen LogP contribution in [0.5, 0.6) is 0 Å². The molecule has 0 radical (unpaired) electrons. The normalized spacial score (nSPS) is 17.5. The van der Waals surface area contributed by atoms with Crippen LogP contribution in [-0.4, -0.2) is 22.6 Å². The lowest BCUT2D eigenvalue weighted by Gasteiger charge is -2.23. The molecular weight excluding hydrogens is 297 g/mol. The lowest BCUT2D eigenvalue weighted by atomic mass is 10.1. The summed E-state index contributed by atoms with van der Waals surface area (Å²) in [6.45, 7) is 3.09. The molecule has 1 aromatic carbocycles. The number of benzene rings is 1. The van der Waals surface area contributed by atoms with Gasteiger partial charge in [-0.25, -0.2) is 9.18 Å². The quantitative estimate of drug-likeness (QED) is 0.940. The van der Waals surface area contributed by atoms with E-state index in [0.29, 0.717) is 13.1 Å². The van der Waals surface area contributed by atoms with Gasteiger partial charge in [0.2, 0.25) is 0 Å². The van der Waals surface area contributed by atoms with Crippen LogP contribution < -0.4 is 5.32 Å². The van der Waals surface area contributed by atoms with E-state index in [1.807, 2.05) is 13.0 Å². The maximum atomic E-state index is 12.9. The minimum atomic E-state index is -0.281. The van der Waals surface area contributed by atoms with Crippen molar-refractivity contribution in [2.45, 2.75) is 38.8 Å². The summed E-state index contributed by atoms with van der Waals surface area (Å²) in [7, 11) is 0. The summed E-state index contributed by atoms with van der Waals surface area (Å²) < 4.78 is 18.3. The second kappa shape index (κ2) is 6.81. The molecule has 1 atom stereocenters. The Labute approximate surface area is 134 Å². The summed E-state index contributed by atoms with van der Waals surface area (Å²) in [4.78, 5) is 14.2. The van der Waals surface area contributed by atoms with Crippen LogP contribution >= 0.6 is 0 Å². The lowest BCUT2D eigenvalue weighted by Crippen LogP contribution is -2.39. The van der Waals surface area contributed by atoms with Gasteiger partial charge in [-0.3, -0.25) is 0 Å². The Hall–Kier alpha value is -2.37. The minimum Gasteiger partial charge on any atom is -0.359 e. The van der Waals surface area contributed by atoms with Crippen LogP contribution in [0, 0.1) is 5.82 Å². The molecule has 3 rings (SSSR count). The zero-order valence-electron chi connectivity index (χ0n) is 13.1. The lowest BCUT2D eigenvalue weighted by molar-refractivity contribution is 0.182. The Morgan fingerprint density at radius 2 is 2.22 bits per heavy atom. The van der Waals surface area contributed by atoms with Crippen molar-refractivity contribution in [3.63, 3.8) is 0 Å². The first kappa shape index (κ1) is 15.5. The maximum Gasteiger partial charge on any atom is 0.318 e. The van der Waals surface area contributed by atoms with E-state index in [1.54, 1.807) is 17.0 Å². The fourth-order valence-electron chi connectivity index (χ4n) is 2.84. The molecule has 5 nitrogen and oxygen atoms in total. The highest BCUT2D eigenvalue weighted by molar-refractivity contribution is 5.75. The highest BCUT2D eigenvalue weighted by atomic mass is 19.1. The van der Waals surface area contributed by atoms with E-state index in [4.69, 9.17) is 4.52 Å². The molecule has 2 aromatic rings. The van der Waals surface area contributed by atoms with Gasteiger partial charge in [-0.15, -0.1) is 0 Å². The first-order chi connectivity index (χ1) is 11.2. The fourth-order valence-corrected chi connectivity index (χ4v) is 2.84. The van der Waals surface area contributed by atoms with E-state index >= 15 is 0 Å². The molecule has 0 unspecified atom stereocenters. The van der Waals surface area contributed by atoms with Crippen molar-refractivity contribution in [2.24, 2.45) is 0 Å². The molecule has 1 fully saturated rings. The third kappa shape index (κ3) is 3.52. The van der Waals surface area contributed by atoms with E-state index in [1.165, 1.54) is 12.1 Å². The topological polar surface area (TPSA) is 58.4 Å². The van der Waals surface area contributed by atoms with Crippen LogP contribution in [-0.2, 0) is 13.0 Å². The molecule has 1 aromatic heterocycles. The predicted octanol–water partition coefficient (Wildman–Crippen LogP) is 3.42. The molecular formula is C17H20FN3O2. The number of carbonyl (C=O) groups excluding carboxylic acids is 1. The molecule has 1 saturated heterocycles. The second-order valence-electron chi connectivity index (χ2n) is 5.71. The number of hydrogen-bond donors (Lipinski definition) is 1. The van der Waals surface area contributed by atoms with Crippen molar-refractivity contribution in [1.82, 2.24) is 15.4 Å². The zero-order chi connectivity index (χ0) is 16.2. The largest absolute Gasteiger partial charge is 0.359 e. The fraction of sp³-hybridized carbons (Fsp3) is 0.412. The summed E-state index contributed by atoms with van der Waals surface area (Å²) in [5.41, 5.74) is 1.77. The maximum absolute atomic E-state index is 12.9. The average molecular weight is 317 g/mol. The molecule has 0 bridgehead atoms. The Kier molecular flexibility index (Phi) is 4.60. The third-order valence-corrected chi connectivity index (χ3v) is 4.14. The standard InChI is InChI=1S/C17H20FN3O2/c1-2-14-10-16(23-20-14)15-4-3-9-21(15)17(22)19-11-12-5-7-13(18)8-6-12/h5-8,10,15H,2-4,9,11H2,1H3,(H,19,22)/t15-/m0/s1. The number of likely N-dealkylation sites (tertiary alicyclic amines) is 1. The summed E-state index contributed by atoms with van der Waals surface area (Å²) in [5.74, 6) is 0.466. The van der Waals surface area contributed by atoms with Gasteiger partial charge in [0.1, 0.15) is 5.82 Å². The van der Waals surface area contributed by atoms with Crippen LogP contribution in [0.4, 0.5) is 9.18 Å². The zero-order valence-corrected chi connectivity index (χ0v) is 13.1. The number of hydrogen-bond acceptors (Lipinski definition) is 3. The molecule has 2 amide bonds. The van der Waals surface area contributed by atoms with Gasteiger partial charge in [-0.2, -0.15) is 0 Å². The van der Waals surface area contributed by atoms with Crippen molar-refractivity contribution >= 4 is 6.03 Å². The number of aromatic nitrogens is 1. The van der Waals surface area contributed by atoms with Crippen LogP contribution in [0.3, 0.4) is 0 Å². The SMILES string of the molecule is CCc1cc([C@@H]2CCCN2C(=O)NCc2ccc(F)cc2)on1. The van der Waals surface area contributed by atoms with Gasteiger partial charge >= 0.3 is 6.03 Å². The van der Waals surface area contributed by atoms with Gasteiger partial charge in [0.25, 0.3) is 0 Å². The Balaban J connectivity index is 1.62. The first-order valence-electron chi connectivity index (χ1n) is 7.91. The van der Waals surface area contributed by atoms with Gasteiger partial charge in [0, 0.05) is 19.2 Å². The van der Waals surface area contributed by atoms with Crippen molar-refractivity contribution in [3.05, 3.63) is 53.2 Å². The van der Waals surface area contributed by atoms with E-state index in [2.05, 4.69) is 10.5 Å². The van der Waals surface area contributed by atoms with E-state index in [0.717, 1.165) is 36.3 Å². The average Bonchev–Trinajstić information content (AvgIpc) is 3.22. The Morgan fingerprint density at radius 1 is 1.43 bits per heavy atom. The number of nitrogens with zero attached hydrogens (tertiary/aromatic N) is 2.